The maximum atomic E-state index is 10.1. The first kappa shape index (κ1) is 10.9. The summed E-state index contributed by atoms with van der Waals surface area (Å²) in [6, 6.07) is 5.59. The minimum atomic E-state index is 0.698. The van der Waals surface area contributed by atoms with Crippen molar-refractivity contribution < 1.29 is 4.79 Å². The van der Waals surface area contributed by atoms with E-state index in [0.717, 1.165) is 12.0 Å². The third-order valence-electron chi connectivity index (χ3n) is 1.98. The Morgan fingerprint density at radius 2 is 2.12 bits per heavy atom. The van der Waals surface area contributed by atoms with Crippen LogP contribution in [0.4, 0.5) is 0 Å². The summed E-state index contributed by atoms with van der Waals surface area (Å²) in [5.74, 6) is 0.698. The summed E-state index contributed by atoms with van der Waals surface area (Å²) in [4.78, 5) is 18.3. The molecule has 5 nitrogen and oxygen atoms in total. The van der Waals surface area contributed by atoms with E-state index < -0.39 is 0 Å². The van der Waals surface area contributed by atoms with Crippen LogP contribution in [0.25, 0.3) is 11.9 Å². The number of carbonyl (C=O) groups is 1. The van der Waals surface area contributed by atoms with E-state index in [2.05, 4.69) is 15.1 Å². The minimum Gasteiger partial charge on any atom is -0.299 e. The molecule has 0 atom stereocenters. The molecular formula is C12H10N4O. The number of pyridine rings is 1. The van der Waals surface area contributed by atoms with Gasteiger partial charge in [-0.1, -0.05) is 18.2 Å². The van der Waals surface area contributed by atoms with Crippen molar-refractivity contribution >= 4 is 12.4 Å². The van der Waals surface area contributed by atoms with Crippen molar-refractivity contribution in [1.82, 2.24) is 19.7 Å². The van der Waals surface area contributed by atoms with Gasteiger partial charge in [-0.3, -0.25) is 4.79 Å². The third-order valence-corrected chi connectivity index (χ3v) is 1.98. The van der Waals surface area contributed by atoms with Crippen molar-refractivity contribution in [2.45, 2.75) is 0 Å². The fourth-order valence-electron chi connectivity index (χ4n) is 1.25. The van der Waals surface area contributed by atoms with Gasteiger partial charge in [0.15, 0.2) is 5.82 Å². The summed E-state index contributed by atoms with van der Waals surface area (Å²) < 4.78 is 1.58. The summed E-state index contributed by atoms with van der Waals surface area (Å²) in [7, 11) is 0. The normalized spacial score (nSPS) is 11.3. The first-order valence-corrected chi connectivity index (χ1v) is 5.01. The van der Waals surface area contributed by atoms with Gasteiger partial charge in [-0.25, -0.2) is 14.6 Å². The van der Waals surface area contributed by atoms with E-state index in [-0.39, 0.29) is 0 Å². The SMILES string of the molecule is O=C/C=C/C=C/c1cccc(-n2cncn2)n1. The molecule has 84 valence electrons. The quantitative estimate of drug-likeness (QED) is 0.449. The van der Waals surface area contributed by atoms with Gasteiger partial charge in [-0.2, -0.15) is 5.10 Å². The lowest BCUT2D eigenvalue weighted by molar-refractivity contribution is -0.104. The van der Waals surface area contributed by atoms with Crippen LogP contribution in [0.15, 0.2) is 49.1 Å². The van der Waals surface area contributed by atoms with E-state index in [9.17, 15) is 4.79 Å². The molecule has 0 saturated carbocycles. The largest absolute Gasteiger partial charge is 0.299 e. The molecule has 0 N–H and O–H groups in total. The molecule has 0 aliphatic carbocycles. The summed E-state index contributed by atoms with van der Waals surface area (Å²) in [6.45, 7) is 0. The van der Waals surface area contributed by atoms with Crippen molar-refractivity contribution in [3.05, 3.63) is 54.8 Å². The maximum absolute atomic E-state index is 10.1. The highest BCUT2D eigenvalue weighted by molar-refractivity contribution is 5.66. The Kier molecular flexibility index (Phi) is 3.54. The molecule has 0 aromatic carbocycles. The van der Waals surface area contributed by atoms with Crippen LogP contribution in [0.1, 0.15) is 5.69 Å². The van der Waals surface area contributed by atoms with Crippen molar-refractivity contribution in [2.24, 2.45) is 0 Å². The molecule has 0 amide bonds. The molecule has 0 radical (unpaired) electrons. The Balaban J connectivity index is 2.20. The van der Waals surface area contributed by atoms with Crippen LogP contribution in [-0.4, -0.2) is 26.0 Å². The van der Waals surface area contributed by atoms with Gasteiger partial charge >= 0.3 is 0 Å². The van der Waals surface area contributed by atoms with Crippen LogP contribution in [0.3, 0.4) is 0 Å². The van der Waals surface area contributed by atoms with Gasteiger partial charge in [0.05, 0.1) is 5.69 Å². The van der Waals surface area contributed by atoms with Crippen LogP contribution >= 0.6 is 0 Å². The standard InChI is InChI=1S/C12H10N4O/c17-8-3-1-2-5-11-6-4-7-12(15-11)16-10-13-9-14-16/h1-10H/b3-1+,5-2+. The number of nitrogens with zero attached hydrogens (tertiary/aromatic N) is 4. The molecule has 0 saturated heterocycles. The molecule has 0 bridgehead atoms. The number of hydrogen-bond donors (Lipinski definition) is 0. The monoisotopic (exact) mass is 226 g/mol. The van der Waals surface area contributed by atoms with E-state index >= 15 is 0 Å². The Morgan fingerprint density at radius 1 is 1.18 bits per heavy atom. The van der Waals surface area contributed by atoms with Crippen LogP contribution in [0, 0.1) is 0 Å². The number of rotatable bonds is 4. The van der Waals surface area contributed by atoms with Gasteiger partial charge in [0.2, 0.25) is 0 Å². The van der Waals surface area contributed by atoms with Crippen molar-refractivity contribution in [3.63, 3.8) is 0 Å². The fourth-order valence-corrected chi connectivity index (χ4v) is 1.25. The van der Waals surface area contributed by atoms with E-state index in [0.29, 0.717) is 5.82 Å². The second-order valence-electron chi connectivity index (χ2n) is 3.14. The van der Waals surface area contributed by atoms with Gasteiger partial charge < -0.3 is 0 Å². The Bertz CT molecular complexity index is 543. The van der Waals surface area contributed by atoms with E-state index in [1.165, 1.54) is 12.4 Å². The summed E-state index contributed by atoms with van der Waals surface area (Å²) >= 11 is 0. The van der Waals surface area contributed by atoms with Crippen LogP contribution in [0.5, 0.6) is 0 Å². The molecule has 2 aromatic heterocycles. The van der Waals surface area contributed by atoms with Gasteiger partial charge in [0.25, 0.3) is 0 Å². The molecule has 0 spiro atoms. The zero-order chi connectivity index (χ0) is 11.9. The van der Waals surface area contributed by atoms with Crippen LogP contribution in [-0.2, 0) is 4.79 Å². The number of carbonyl (C=O) groups excluding carboxylic acids is 1. The summed E-state index contributed by atoms with van der Waals surface area (Å²) in [5, 5.41) is 4.00. The molecule has 2 heterocycles. The van der Waals surface area contributed by atoms with Crippen molar-refractivity contribution in [2.75, 3.05) is 0 Å². The van der Waals surface area contributed by atoms with E-state index in [4.69, 9.17) is 0 Å². The van der Waals surface area contributed by atoms with Crippen LogP contribution in [0.2, 0.25) is 0 Å². The average molecular weight is 226 g/mol. The van der Waals surface area contributed by atoms with Crippen LogP contribution < -0.4 is 0 Å². The van der Waals surface area contributed by atoms with E-state index in [1.807, 2.05) is 18.2 Å². The van der Waals surface area contributed by atoms with Gasteiger partial charge in [0, 0.05) is 0 Å². The second kappa shape index (κ2) is 5.50. The molecule has 0 unspecified atom stereocenters. The summed E-state index contributed by atoms with van der Waals surface area (Å²) in [6.07, 6.45) is 10.4. The zero-order valence-corrected chi connectivity index (χ0v) is 8.97. The lowest BCUT2D eigenvalue weighted by atomic mass is 10.3. The number of hydrogen-bond acceptors (Lipinski definition) is 4. The first-order chi connectivity index (χ1) is 8.40. The predicted octanol–water partition coefficient (Wildman–Crippen LogP) is 1.43. The number of aldehydes is 1. The molecule has 0 fully saturated rings. The van der Waals surface area contributed by atoms with Gasteiger partial charge in [-0.15, -0.1) is 0 Å². The highest BCUT2D eigenvalue weighted by Gasteiger charge is 1.97. The highest BCUT2D eigenvalue weighted by atomic mass is 16.1. The molecule has 5 heteroatoms. The topological polar surface area (TPSA) is 60.7 Å². The number of allylic oxidation sites excluding steroid dienone is 3. The zero-order valence-electron chi connectivity index (χ0n) is 8.97. The summed E-state index contributed by atoms with van der Waals surface area (Å²) in [5.41, 5.74) is 0.786. The second-order valence-corrected chi connectivity index (χ2v) is 3.14. The van der Waals surface area contributed by atoms with E-state index in [1.54, 1.807) is 29.2 Å². The van der Waals surface area contributed by atoms with Gasteiger partial charge in [-0.05, 0) is 24.3 Å². The lowest BCUT2D eigenvalue weighted by Crippen LogP contribution is -1.98. The molecule has 2 rings (SSSR count). The molecule has 2 aromatic rings. The highest BCUT2D eigenvalue weighted by Crippen LogP contribution is 2.05. The lowest BCUT2D eigenvalue weighted by Gasteiger charge is -1.99. The minimum absolute atomic E-state index is 0.698. The fraction of sp³-hybridized carbons (Fsp3) is 0. The average Bonchev–Trinajstić information content (AvgIpc) is 2.89. The van der Waals surface area contributed by atoms with Gasteiger partial charge in [0.1, 0.15) is 18.9 Å². The smallest absolute Gasteiger partial charge is 0.155 e. The molecule has 0 aliphatic rings. The number of aromatic nitrogens is 4. The Hall–Kier alpha value is -2.56. The maximum Gasteiger partial charge on any atom is 0.155 e. The molecular weight excluding hydrogens is 216 g/mol. The molecule has 17 heavy (non-hydrogen) atoms. The third kappa shape index (κ3) is 2.94. The molecule has 0 aliphatic heterocycles. The Morgan fingerprint density at radius 3 is 2.88 bits per heavy atom. The van der Waals surface area contributed by atoms with Crippen molar-refractivity contribution in [3.8, 4) is 5.82 Å². The predicted molar refractivity (Wildman–Crippen MR) is 63.4 cm³/mol. The Labute approximate surface area is 98.1 Å². The first-order valence-electron chi connectivity index (χ1n) is 5.01. The van der Waals surface area contributed by atoms with Crippen molar-refractivity contribution in [1.29, 1.82) is 0 Å².